The first-order chi connectivity index (χ1) is 19.9. The summed E-state index contributed by atoms with van der Waals surface area (Å²) in [5.74, 6) is 0.613. The fourth-order valence-corrected chi connectivity index (χ4v) is 5.75. The third kappa shape index (κ3) is 8.24. The van der Waals surface area contributed by atoms with Crippen LogP contribution >= 0.6 is 0 Å². The molecule has 0 saturated carbocycles. The minimum atomic E-state index is -1.06. The molecule has 10 heteroatoms. The summed E-state index contributed by atoms with van der Waals surface area (Å²) in [4.78, 5) is 30.4. The molecule has 1 aromatic carbocycles. The molecule has 0 amide bonds. The molecule has 3 unspecified atom stereocenters. The number of ether oxygens (including phenoxy) is 5. The lowest BCUT2D eigenvalue weighted by Gasteiger charge is -2.32. The highest BCUT2D eigenvalue weighted by Gasteiger charge is 2.38. The normalized spacial score (nSPS) is 21.2. The Kier molecular flexibility index (Phi) is 11.5. The second kappa shape index (κ2) is 15.2. The van der Waals surface area contributed by atoms with Gasteiger partial charge in [-0.25, -0.2) is 4.79 Å². The first-order valence-corrected chi connectivity index (χ1v) is 14.7. The van der Waals surface area contributed by atoms with Crippen molar-refractivity contribution in [3.05, 3.63) is 47.2 Å². The van der Waals surface area contributed by atoms with E-state index in [0.717, 1.165) is 75.5 Å². The lowest BCUT2D eigenvalue weighted by molar-refractivity contribution is -0.171. The number of methoxy groups -OCH3 is 1. The molecule has 1 saturated heterocycles. The van der Waals surface area contributed by atoms with Crippen molar-refractivity contribution in [1.29, 1.82) is 0 Å². The maximum Gasteiger partial charge on any atom is 0.348 e. The zero-order chi connectivity index (χ0) is 29.2. The molecule has 0 aliphatic carbocycles. The molecule has 3 heterocycles. The lowest BCUT2D eigenvalue weighted by Crippen LogP contribution is -2.43. The number of fused-ring (bicyclic) bond motifs is 2. The van der Waals surface area contributed by atoms with Gasteiger partial charge < -0.3 is 33.9 Å². The molecule has 3 aliphatic heterocycles. The molecule has 1 fully saturated rings. The van der Waals surface area contributed by atoms with Gasteiger partial charge in [0, 0.05) is 65.1 Å². The Bertz CT molecular complexity index is 1100. The van der Waals surface area contributed by atoms with E-state index in [4.69, 9.17) is 23.7 Å². The number of allylic oxidation sites excluding steroid dienone is 1. The van der Waals surface area contributed by atoms with Crippen LogP contribution in [-0.2, 0) is 30.2 Å². The summed E-state index contributed by atoms with van der Waals surface area (Å²) < 4.78 is 28.8. The van der Waals surface area contributed by atoms with E-state index in [1.54, 1.807) is 7.11 Å². The summed E-state index contributed by atoms with van der Waals surface area (Å²) in [7, 11) is 1.58. The number of nitrogens with zero attached hydrogens (tertiary/aromatic N) is 2. The molecule has 0 spiro atoms. The molecule has 3 atom stereocenters. The number of nitrogens with one attached hydrogen (secondary N) is 1. The van der Waals surface area contributed by atoms with Crippen LogP contribution in [0.25, 0.3) is 0 Å². The summed E-state index contributed by atoms with van der Waals surface area (Å²) in [6.07, 6.45) is 6.04. The third-order valence-electron chi connectivity index (χ3n) is 7.80. The number of benzene rings is 1. The molecule has 0 radical (unpaired) electrons. The second-order valence-corrected chi connectivity index (χ2v) is 10.7. The van der Waals surface area contributed by atoms with Crippen molar-refractivity contribution >= 4 is 11.9 Å². The van der Waals surface area contributed by atoms with Crippen molar-refractivity contribution in [3.63, 3.8) is 0 Å². The SMILES string of the molecule is C/C=C(/OC)C(OC(=O)C(C/C=C/CN1CCNCC1)OC(C)=O)C1CN(CCC)CCc2cc3c(cc21)OCO3. The monoisotopic (exact) mass is 571 g/mol. The van der Waals surface area contributed by atoms with Crippen LogP contribution in [0.4, 0.5) is 0 Å². The Hall–Kier alpha value is -3.08. The third-order valence-corrected chi connectivity index (χ3v) is 7.80. The summed E-state index contributed by atoms with van der Waals surface area (Å²) >= 11 is 0. The van der Waals surface area contributed by atoms with Gasteiger partial charge in [-0.1, -0.05) is 19.1 Å². The summed E-state index contributed by atoms with van der Waals surface area (Å²) in [5.41, 5.74) is 2.18. The van der Waals surface area contributed by atoms with Crippen LogP contribution in [-0.4, -0.2) is 100 Å². The van der Waals surface area contributed by atoms with Gasteiger partial charge in [-0.05, 0) is 55.6 Å². The van der Waals surface area contributed by atoms with Gasteiger partial charge in [-0.2, -0.15) is 0 Å². The second-order valence-electron chi connectivity index (χ2n) is 10.7. The maximum atomic E-state index is 13.7. The van der Waals surface area contributed by atoms with Crippen LogP contribution in [0.2, 0.25) is 0 Å². The van der Waals surface area contributed by atoms with Crippen LogP contribution in [0.15, 0.2) is 36.1 Å². The largest absolute Gasteiger partial charge is 0.497 e. The van der Waals surface area contributed by atoms with Gasteiger partial charge in [0.2, 0.25) is 12.9 Å². The highest BCUT2D eigenvalue weighted by Crippen LogP contribution is 2.41. The highest BCUT2D eigenvalue weighted by molar-refractivity contribution is 5.79. The zero-order valence-corrected chi connectivity index (χ0v) is 24.9. The quantitative estimate of drug-likeness (QED) is 0.229. The fourth-order valence-electron chi connectivity index (χ4n) is 5.75. The first-order valence-electron chi connectivity index (χ1n) is 14.7. The van der Waals surface area contributed by atoms with Gasteiger partial charge in [-0.3, -0.25) is 9.69 Å². The van der Waals surface area contributed by atoms with Crippen LogP contribution in [0, 0.1) is 0 Å². The van der Waals surface area contributed by atoms with E-state index < -0.39 is 24.1 Å². The molecule has 0 aromatic heterocycles. The Labute approximate surface area is 243 Å². The average Bonchev–Trinajstić information content (AvgIpc) is 3.36. The summed E-state index contributed by atoms with van der Waals surface area (Å²) in [5, 5.41) is 3.34. The van der Waals surface area contributed by atoms with E-state index in [-0.39, 0.29) is 19.1 Å². The number of carbonyl (C=O) groups is 2. The van der Waals surface area contributed by atoms with Crippen LogP contribution in [0.3, 0.4) is 0 Å². The number of hydrogen-bond acceptors (Lipinski definition) is 10. The number of piperazine rings is 1. The zero-order valence-electron chi connectivity index (χ0n) is 24.9. The van der Waals surface area contributed by atoms with Gasteiger partial charge in [-0.15, -0.1) is 0 Å². The maximum absolute atomic E-state index is 13.7. The number of carbonyl (C=O) groups excluding carboxylic acids is 2. The van der Waals surface area contributed by atoms with Gasteiger partial charge >= 0.3 is 11.9 Å². The van der Waals surface area contributed by atoms with Gasteiger partial charge in [0.25, 0.3) is 0 Å². The predicted octanol–water partition coefficient (Wildman–Crippen LogP) is 3.01. The minimum Gasteiger partial charge on any atom is -0.497 e. The van der Waals surface area contributed by atoms with Crippen molar-refractivity contribution in [2.45, 2.75) is 58.2 Å². The molecular weight excluding hydrogens is 526 g/mol. The van der Waals surface area contributed by atoms with E-state index in [0.29, 0.717) is 18.1 Å². The minimum absolute atomic E-state index is 0.188. The molecule has 226 valence electrons. The molecule has 1 aromatic rings. The Morgan fingerprint density at radius 3 is 2.54 bits per heavy atom. The molecular formula is C31H45N3O7. The van der Waals surface area contributed by atoms with Crippen LogP contribution in [0.1, 0.15) is 50.7 Å². The summed E-state index contributed by atoms with van der Waals surface area (Å²) in [6, 6.07) is 4.07. The Morgan fingerprint density at radius 2 is 1.85 bits per heavy atom. The molecule has 10 nitrogen and oxygen atoms in total. The predicted molar refractivity (Wildman–Crippen MR) is 155 cm³/mol. The molecule has 3 aliphatic rings. The van der Waals surface area contributed by atoms with E-state index in [9.17, 15) is 9.59 Å². The van der Waals surface area contributed by atoms with E-state index in [2.05, 4.69) is 22.0 Å². The topological polar surface area (TPSA) is 98.8 Å². The molecule has 4 rings (SSSR count). The molecule has 41 heavy (non-hydrogen) atoms. The van der Waals surface area contributed by atoms with Crippen molar-refractivity contribution in [1.82, 2.24) is 15.1 Å². The van der Waals surface area contributed by atoms with E-state index in [1.165, 1.54) is 6.92 Å². The Morgan fingerprint density at radius 1 is 1.10 bits per heavy atom. The van der Waals surface area contributed by atoms with Crippen LogP contribution < -0.4 is 14.8 Å². The number of esters is 2. The molecule has 0 bridgehead atoms. The smallest absolute Gasteiger partial charge is 0.348 e. The lowest BCUT2D eigenvalue weighted by atomic mass is 9.87. The van der Waals surface area contributed by atoms with Gasteiger partial charge in [0.15, 0.2) is 17.6 Å². The number of rotatable bonds is 12. The fraction of sp³-hybridized carbons (Fsp3) is 0.613. The average molecular weight is 572 g/mol. The van der Waals surface area contributed by atoms with Crippen molar-refractivity contribution < 1.29 is 33.3 Å². The Balaban J connectivity index is 1.58. The number of hydrogen-bond donors (Lipinski definition) is 1. The van der Waals surface area contributed by atoms with E-state index in [1.807, 2.05) is 37.3 Å². The molecule has 1 N–H and O–H groups in total. The van der Waals surface area contributed by atoms with E-state index >= 15 is 0 Å². The van der Waals surface area contributed by atoms with Crippen molar-refractivity contribution in [2.24, 2.45) is 0 Å². The van der Waals surface area contributed by atoms with Gasteiger partial charge in [0.1, 0.15) is 5.76 Å². The van der Waals surface area contributed by atoms with Crippen molar-refractivity contribution in [3.8, 4) is 11.5 Å². The van der Waals surface area contributed by atoms with Crippen molar-refractivity contribution in [2.75, 3.05) is 66.3 Å². The highest BCUT2D eigenvalue weighted by atomic mass is 16.7. The van der Waals surface area contributed by atoms with Gasteiger partial charge in [0.05, 0.1) is 7.11 Å². The summed E-state index contributed by atoms with van der Waals surface area (Å²) in [6.45, 7) is 12.6. The first kappa shape index (κ1) is 30.9. The van der Waals surface area contributed by atoms with Crippen LogP contribution in [0.5, 0.6) is 11.5 Å². The standard InChI is InChI=1S/C31H45N3O7/c1-5-13-34-15-10-23-18-28-29(39-21-38-28)19-24(23)25(20-34)30(26(6-2)37-4)41-31(36)27(40-22(3)35)9-7-8-14-33-16-11-32-12-17-33/h6-8,18-19,25,27,30,32H,5,9-17,20-21H2,1-4H3/b8-7+,26-6+.